The van der Waals surface area contributed by atoms with E-state index < -0.39 is 6.04 Å². The van der Waals surface area contributed by atoms with Crippen LogP contribution in [-0.4, -0.2) is 33.3 Å². The fourth-order valence-electron chi connectivity index (χ4n) is 3.33. The predicted octanol–water partition coefficient (Wildman–Crippen LogP) is 3.25. The number of hydrogen-bond donors (Lipinski definition) is 1. The molecule has 6 nitrogen and oxygen atoms in total. The summed E-state index contributed by atoms with van der Waals surface area (Å²) in [5.74, 6) is -0.202. The molecule has 3 aromatic rings. The number of para-hydroxylation sites is 1. The second kappa shape index (κ2) is 8.49. The molecule has 2 aromatic carbocycles. The molecular weight excluding hydrogens is 364 g/mol. The number of aryl methyl sites for hydroxylation is 1. The lowest BCUT2D eigenvalue weighted by Crippen LogP contribution is -2.40. The molecule has 0 aliphatic carbocycles. The Bertz CT molecular complexity index is 1070. The quantitative estimate of drug-likeness (QED) is 0.701. The molecule has 29 heavy (non-hydrogen) atoms. The number of amides is 1. The van der Waals surface area contributed by atoms with Gasteiger partial charge in [-0.15, -0.1) is 0 Å². The molecule has 0 aliphatic heterocycles. The highest BCUT2D eigenvalue weighted by Crippen LogP contribution is 2.16. The molecule has 0 saturated heterocycles. The summed E-state index contributed by atoms with van der Waals surface area (Å²) in [5, 5.41) is 2.86. The van der Waals surface area contributed by atoms with E-state index in [1.807, 2.05) is 75.3 Å². The minimum Gasteiger partial charge on any atom is -0.319 e. The lowest BCUT2D eigenvalue weighted by atomic mass is 10.1. The predicted molar refractivity (Wildman–Crippen MR) is 116 cm³/mol. The summed E-state index contributed by atoms with van der Waals surface area (Å²) in [6.45, 7) is 6.40. The van der Waals surface area contributed by atoms with Crippen molar-refractivity contribution in [2.75, 3.05) is 12.4 Å². The number of hydrogen-bond acceptors (Lipinski definition) is 3. The van der Waals surface area contributed by atoms with Crippen LogP contribution in [-0.2, 0) is 18.4 Å². The molecule has 1 aromatic heterocycles. The first-order valence-corrected chi connectivity index (χ1v) is 9.71. The van der Waals surface area contributed by atoms with Crippen molar-refractivity contribution in [3.8, 4) is 5.69 Å². The third kappa shape index (κ3) is 4.17. The molecule has 0 fully saturated rings. The molecule has 0 bridgehead atoms. The molecule has 1 amide bonds. The zero-order chi connectivity index (χ0) is 21.1. The number of carbonyl (C=O) groups is 1. The van der Waals surface area contributed by atoms with Crippen LogP contribution in [0, 0.1) is 13.8 Å². The number of benzene rings is 2. The number of likely N-dealkylation sites (N-methyl/N-ethyl adjacent to an activating group) is 1. The molecule has 1 heterocycles. The summed E-state index contributed by atoms with van der Waals surface area (Å²) >= 11 is 0. The highest BCUT2D eigenvalue weighted by atomic mass is 16.2. The van der Waals surface area contributed by atoms with Crippen LogP contribution in [0.2, 0.25) is 0 Å². The minimum atomic E-state index is -0.390. The Kier molecular flexibility index (Phi) is 6.03. The van der Waals surface area contributed by atoms with E-state index in [9.17, 15) is 9.59 Å². The number of nitrogens with zero attached hydrogens (tertiary/aromatic N) is 3. The summed E-state index contributed by atoms with van der Waals surface area (Å²) in [4.78, 5) is 27.8. The molecule has 1 N–H and O–H groups in total. The lowest BCUT2D eigenvalue weighted by molar-refractivity contribution is -0.120. The van der Waals surface area contributed by atoms with E-state index in [2.05, 4.69) is 24.4 Å². The largest absolute Gasteiger partial charge is 0.319 e. The maximum atomic E-state index is 13.0. The number of nitrogens with one attached hydrogen (secondary N) is 1. The molecule has 0 saturated carbocycles. The third-order valence-corrected chi connectivity index (χ3v) is 5.52. The van der Waals surface area contributed by atoms with Gasteiger partial charge in [-0.2, -0.15) is 0 Å². The molecule has 6 heteroatoms. The van der Waals surface area contributed by atoms with E-state index in [0.29, 0.717) is 17.9 Å². The first-order valence-electron chi connectivity index (χ1n) is 9.71. The summed E-state index contributed by atoms with van der Waals surface area (Å²) < 4.78 is 3.32. The molecule has 3 rings (SSSR count). The molecule has 0 aliphatic rings. The van der Waals surface area contributed by atoms with E-state index in [1.54, 1.807) is 9.36 Å². The average Bonchev–Trinajstić information content (AvgIpc) is 2.92. The maximum Gasteiger partial charge on any atom is 0.295 e. The zero-order valence-electron chi connectivity index (χ0n) is 17.6. The van der Waals surface area contributed by atoms with Crippen LogP contribution in [0.4, 0.5) is 5.69 Å². The van der Waals surface area contributed by atoms with Gasteiger partial charge in [-0.1, -0.05) is 42.5 Å². The van der Waals surface area contributed by atoms with Gasteiger partial charge in [0, 0.05) is 13.6 Å². The fourth-order valence-corrected chi connectivity index (χ4v) is 3.33. The number of rotatable bonds is 6. The van der Waals surface area contributed by atoms with Gasteiger partial charge < -0.3 is 5.32 Å². The minimum absolute atomic E-state index is 0.202. The monoisotopic (exact) mass is 392 g/mol. The summed E-state index contributed by atoms with van der Waals surface area (Å²) in [7, 11) is 3.73. The third-order valence-electron chi connectivity index (χ3n) is 5.52. The Morgan fingerprint density at radius 1 is 1.07 bits per heavy atom. The smallest absolute Gasteiger partial charge is 0.295 e. The summed E-state index contributed by atoms with van der Waals surface area (Å²) in [5.41, 5.74) is 3.92. The zero-order valence-corrected chi connectivity index (χ0v) is 17.6. The van der Waals surface area contributed by atoms with E-state index in [-0.39, 0.29) is 11.5 Å². The van der Waals surface area contributed by atoms with Gasteiger partial charge in [0.1, 0.15) is 5.69 Å². The first-order chi connectivity index (χ1) is 13.8. The van der Waals surface area contributed by atoms with Crippen LogP contribution in [0.1, 0.15) is 23.7 Å². The molecule has 152 valence electrons. The Morgan fingerprint density at radius 3 is 2.34 bits per heavy atom. The second-order valence-electron chi connectivity index (χ2n) is 7.44. The van der Waals surface area contributed by atoms with Crippen LogP contribution in [0.3, 0.4) is 0 Å². The van der Waals surface area contributed by atoms with Crippen molar-refractivity contribution in [2.45, 2.75) is 33.4 Å². The van der Waals surface area contributed by atoms with Crippen LogP contribution in [0.5, 0.6) is 0 Å². The van der Waals surface area contributed by atoms with Gasteiger partial charge in [-0.3, -0.25) is 19.2 Å². The van der Waals surface area contributed by atoms with Crippen LogP contribution < -0.4 is 10.9 Å². The van der Waals surface area contributed by atoms with Crippen molar-refractivity contribution in [1.29, 1.82) is 0 Å². The van der Waals surface area contributed by atoms with Crippen LogP contribution >= 0.6 is 0 Å². The van der Waals surface area contributed by atoms with Crippen molar-refractivity contribution < 1.29 is 4.79 Å². The highest BCUT2D eigenvalue weighted by Gasteiger charge is 2.23. The van der Waals surface area contributed by atoms with Gasteiger partial charge in [0.15, 0.2) is 0 Å². The number of aromatic nitrogens is 2. The summed E-state index contributed by atoms with van der Waals surface area (Å²) in [6.07, 6.45) is 0. The van der Waals surface area contributed by atoms with Gasteiger partial charge in [-0.25, -0.2) is 4.68 Å². The fraction of sp³-hybridized carbons (Fsp3) is 0.304. The maximum absolute atomic E-state index is 13.0. The lowest BCUT2D eigenvalue weighted by Gasteiger charge is -2.24. The first kappa shape index (κ1) is 20.6. The Morgan fingerprint density at radius 2 is 1.69 bits per heavy atom. The van der Waals surface area contributed by atoms with Gasteiger partial charge in [0.05, 0.1) is 17.4 Å². The van der Waals surface area contributed by atoms with E-state index in [0.717, 1.165) is 5.69 Å². The van der Waals surface area contributed by atoms with Gasteiger partial charge in [0.2, 0.25) is 5.91 Å². The molecule has 0 radical (unpaired) electrons. The van der Waals surface area contributed by atoms with Crippen LogP contribution in [0.25, 0.3) is 5.69 Å². The Balaban J connectivity index is 1.80. The van der Waals surface area contributed by atoms with Crippen molar-refractivity contribution in [3.63, 3.8) is 0 Å². The highest BCUT2D eigenvalue weighted by molar-refractivity contribution is 5.94. The van der Waals surface area contributed by atoms with Crippen LogP contribution in [0.15, 0.2) is 59.4 Å². The average molecular weight is 393 g/mol. The van der Waals surface area contributed by atoms with Gasteiger partial charge in [0.25, 0.3) is 5.56 Å². The molecule has 1 atom stereocenters. The molecule has 0 unspecified atom stereocenters. The van der Waals surface area contributed by atoms with Crippen molar-refractivity contribution in [1.82, 2.24) is 14.3 Å². The topological polar surface area (TPSA) is 59.3 Å². The van der Waals surface area contributed by atoms with Gasteiger partial charge >= 0.3 is 0 Å². The molecule has 0 spiro atoms. The van der Waals surface area contributed by atoms with Crippen molar-refractivity contribution >= 4 is 11.6 Å². The second-order valence-corrected chi connectivity index (χ2v) is 7.44. The van der Waals surface area contributed by atoms with Crippen molar-refractivity contribution in [2.24, 2.45) is 7.05 Å². The van der Waals surface area contributed by atoms with E-state index >= 15 is 0 Å². The normalized spacial score (nSPS) is 12.2. The van der Waals surface area contributed by atoms with Crippen molar-refractivity contribution in [3.05, 3.63) is 81.8 Å². The number of carbonyl (C=O) groups excluding carboxylic acids is 1. The SMILES string of the molecule is Cc1ccccc1CN(C)[C@H](C)C(=O)Nc1c(C)n(C)n(-c2ccccc2)c1=O. The van der Waals surface area contributed by atoms with E-state index in [4.69, 9.17) is 0 Å². The van der Waals surface area contributed by atoms with E-state index in [1.165, 1.54) is 11.1 Å². The Labute approximate surface area is 171 Å². The van der Waals surface area contributed by atoms with Gasteiger partial charge in [-0.05, 0) is 51.1 Å². The summed E-state index contributed by atoms with van der Waals surface area (Å²) in [6, 6.07) is 17.1. The molecular formula is C23H28N4O2. The Hall–Kier alpha value is -3.12. The standard InChI is InChI=1S/C23H28N4O2/c1-16-11-9-10-12-19(16)15-25(4)18(3)22(28)24-21-17(2)26(5)27(23(21)29)20-13-7-6-8-14-20/h6-14,18H,15H2,1-5H3,(H,24,28)/t18-/m1/s1. The number of anilines is 1.